The summed E-state index contributed by atoms with van der Waals surface area (Å²) in [7, 11) is -0.626. The lowest BCUT2D eigenvalue weighted by Crippen LogP contribution is -2.41. The fourth-order valence-electron chi connectivity index (χ4n) is 5.49. The first-order valence-corrected chi connectivity index (χ1v) is 14.7. The van der Waals surface area contributed by atoms with Gasteiger partial charge >= 0.3 is 13.2 Å². The number of benzene rings is 4. The molecular weight excluding hydrogens is 537 g/mol. The maximum atomic E-state index is 13.0. The topological polar surface area (TPSA) is 66.0 Å². The summed E-state index contributed by atoms with van der Waals surface area (Å²) in [5.74, 6) is 1.50. The molecule has 1 N–H and O–H groups in total. The van der Waals surface area contributed by atoms with Crippen LogP contribution >= 0.6 is 0 Å². The van der Waals surface area contributed by atoms with Crippen LogP contribution in [0.3, 0.4) is 0 Å². The SMILES string of the molecule is CC1(C)OB(C(=Cc2ccc(Oc3ccccc3)cc2)CNC(=O)OCC2c3ccccc3-c3ccccc32)OC1(C)C. The van der Waals surface area contributed by atoms with E-state index < -0.39 is 24.4 Å². The molecule has 0 bridgehead atoms. The predicted octanol–water partition coefficient (Wildman–Crippen LogP) is 8.03. The third-order valence-corrected chi connectivity index (χ3v) is 8.55. The van der Waals surface area contributed by atoms with Gasteiger partial charge in [-0.25, -0.2) is 4.79 Å². The molecule has 1 aliphatic heterocycles. The third kappa shape index (κ3) is 6.10. The van der Waals surface area contributed by atoms with Gasteiger partial charge in [0, 0.05) is 12.5 Å². The maximum absolute atomic E-state index is 13.0. The molecule has 0 atom stereocenters. The molecule has 0 aromatic heterocycles. The van der Waals surface area contributed by atoms with Gasteiger partial charge in [0.25, 0.3) is 0 Å². The zero-order valence-electron chi connectivity index (χ0n) is 25.0. The highest BCUT2D eigenvalue weighted by atomic mass is 16.7. The zero-order valence-corrected chi connectivity index (χ0v) is 25.0. The molecule has 218 valence electrons. The predicted molar refractivity (Wildman–Crippen MR) is 170 cm³/mol. The molecular formula is C36H36BNO5. The number of alkyl carbamates (subject to hydrolysis) is 1. The lowest BCUT2D eigenvalue weighted by molar-refractivity contribution is 0.00578. The highest BCUT2D eigenvalue weighted by molar-refractivity contribution is 6.56. The minimum absolute atomic E-state index is 0.00659. The second kappa shape index (κ2) is 11.7. The summed E-state index contributed by atoms with van der Waals surface area (Å²) in [6, 6.07) is 34.0. The molecule has 0 saturated carbocycles. The van der Waals surface area contributed by atoms with Gasteiger partial charge in [0.15, 0.2) is 0 Å². The van der Waals surface area contributed by atoms with Crippen molar-refractivity contribution in [3.05, 3.63) is 125 Å². The van der Waals surface area contributed by atoms with E-state index in [-0.39, 0.29) is 19.1 Å². The lowest BCUT2D eigenvalue weighted by Gasteiger charge is -2.32. The van der Waals surface area contributed by atoms with Gasteiger partial charge in [0.1, 0.15) is 18.1 Å². The number of ether oxygens (including phenoxy) is 2. The molecule has 2 aliphatic rings. The molecule has 1 fully saturated rings. The standard InChI is InChI=1S/C36H36BNO5/c1-35(2)36(3,4)43-37(42-35)26(22-25-18-20-28(21-19-25)41-27-12-6-5-7-13-27)23-38-34(39)40-24-33-31-16-10-8-14-29(31)30-15-9-11-17-32(30)33/h5-22,33H,23-24H2,1-4H3,(H,38,39). The van der Waals surface area contributed by atoms with E-state index in [1.807, 2.05) is 113 Å². The van der Waals surface area contributed by atoms with E-state index in [2.05, 4.69) is 29.6 Å². The number of carbonyl (C=O) groups excluding carboxylic acids is 1. The average Bonchev–Trinajstić information content (AvgIpc) is 3.44. The summed E-state index contributed by atoms with van der Waals surface area (Å²) >= 11 is 0. The number of hydrogen-bond acceptors (Lipinski definition) is 5. The van der Waals surface area contributed by atoms with Crippen molar-refractivity contribution in [2.24, 2.45) is 0 Å². The van der Waals surface area contributed by atoms with E-state index in [9.17, 15) is 4.79 Å². The van der Waals surface area contributed by atoms with Crippen molar-refractivity contribution < 1.29 is 23.6 Å². The van der Waals surface area contributed by atoms with Gasteiger partial charge in [-0.15, -0.1) is 0 Å². The second-order valence-corrected chi connectivity index (χ2v) is 12.0. The summed E-state index contributed by atoms with van der Waals surface area (Å²) < 4.78 is 24.4. The van der Waals surface area contributed by atoms with Crippen LogP contribution in [0.4, 0.5) is 4.79 Å². The Morgan fingerprint density at radius 3 is 1.91 bits per heavy atom. The molecule has 0 radical (unpaired) electrons. The summed E-state index contributed by atoms with van der Waals surface area (Å²) in [6.45, 7) is 8.51. The van der Waals surface area contributed by atoms with E-state index in [4.69, 9.17) is 18.8 Å². The van der Waals surface area contributed by atoms with Crippen LogP contribution in [0.2, 0.25) is 0 Å². The highest BCUT2D eigenvalue weighted by Gasteiger charge is 2.52. The molecule has 4 aromatic rings. The van der Waals surface area contributed by atoms with Gasteiger partial charge < -0.3 is 24.1 Å². The Labute approximate surface area is 253 Å². The fraction of sp³-hybridized carbons (Fsp3) is 0.250. The maximum Gasteiger partial charge on any atom is 0.492 e. The number of fused-ring (bicyclic) bond motifs is 3. The number of para-hydroxylation sites is 1. The Balaban J connectivity index is 1.15. The average molecular weight is 573 g/mol. The normalized spacial score (nSPS) is 16.8. The number of rotatable bonds is 8. The minimum Gasteiger partial charge on any atom is -0.457 e. The van der Waals surface area contributed by atoms with E-state index >= 15 is 0 Å². The van der Waals surface area contributed by atoms with Crippen molar-refractivity contribution in [1.82, 2.24) is 5.32 Å². The zero-order chi connectivity index (χ0) is 30.0. The summed E-state index contributed by atoms with van der Waals surface area (Å²) in [5.41, 5.74) is 5.41. The van der Waals surface area contributed by atoms with Gasteiger partial charge in [-0.05, 0) is 85.3 Å². The Morgan fingerprint density at radius 2 is 1.30 bits per heavy atom. The molecule has 1 amide bonds. The molecule has 1 heterocycles. The molecule has 43 heavy (non-hydrogen) atoms. The van der Waals surface area contributed by atoms with Crippen LogP contribution in [0.15, 0.2) is 109 Å². The van der Waals surface area contributed by atoms with Gasteiger partial charge in [-0.2, -0.15) is 0 Å². The quantitative estimate of drug-likeness (QED) is 0.216. The van der Waals surface area contributed by atoms with Crippen molar-refractivity contribution >= 4 is 19.3 Å². The molecule has 0 unspecified atom stereocenters. The second-order valence-electron chi connectivity index (χ2n) is 12.0. The summed E-state index contributed by atoms with van der Waals surface area (Å²) in [6.07, 6.45) is 1.49. The Bertz CT molecular complexity index is 1570. The van der Waals surface area contributed by atoms with Crippen LogP contribution in [-0.2, 0) is 14.0 Å². The molecule has 1 aliphatic carbocycles. The Hall–Kier alpha value is -4.33. The van der Waals surface area contributed by atoms with Crippen LogP contribution < -0.4 is 10.1 Å². The van der Waals surface area contributed by atoms with Crippen LogP contribution in [-0.4, -0.2) is 37.6 Å². The fourth-order valence-corrected chi connectivity index (χ4v) is 5.49. The van der Waals surface area contributed by atoms with E-state index in [0.29, 0.717) is 0 Å². The lowest BCUT2D eigenvalue weighted by atomic mass is 9.77. The summed E-state index contributed by atoms with van der Waals surface area (Å²) in [4.78, 5) is 13.0. The third-order valence-electron chi connectivity index (χ3n) is 8.55. The van der Waals surface area contributed by atoms with Crippen LogP contribution in [0, 0.1) is 0 Å². The molecule has 6 rings (SSSR count). The smallest absolute Gasteiger partial charge is 0.457 e. The van der Waals surface area contributed by atoms with Crippen LogP contribution in [0.5, 0.6) is 11.5 Å². The number of carbonyl (C=O) groups is 1. The number of hydrogen-bond donors (Lipinski definition) is 1. The Kier molecular flexibility index (Phi) is 7.86. The molecule has 1 saturated heterocycles. The van der Waals surface area contributed by atoms with E-state index in [1.54, 1.807) is 0 Å². The Morgan fingerprint density at radius 1 is 0.767 bits per heavy atom. The van der Waals surface area contributed by atoms with E-state index in [0.717, 1.165) is 22.5 Å². The molecule has 7 heteroatoms. The first-order valence-electron chi connectivity index (χ1n) is 14.7. The van der Waals surface area contributed by atoms with Crippen LogP contribution in [0.25, 0.3) is 17.2 Å². The van der Waals surface area contributed by atoms with Crippen molar-refractivity contribution in [2.75, 3.05) is 13.2 Å². The molecule has 6 nitrogen and oxygen atoms in total. The first-order chi connectivity index (χ1) is 20.7. The largest absolute Gasteiger partial charge is 0.492 e. The van der Waals surface area contributed by atoms with Crippen molar-refractivity contribution in [3.63, 3.8) is 0 Å². The van der Waals surface area contributed by atoms with Gasteiger partial charge in [0.05, 0.1) is 11.2 Å². The van der Waals surface area contributed by atoms with Gasteiger partial charge in [-0.1, -0.05) is 84.9 Å². The van der Waals surface area contributed by atoms with Crippen molar-refractivity contribution in [2.45, 2.75) is 44.8 Å². The summed E-state index contributed by atoms with van der Waals surface area (Å²) in [5, 5.41) is 2.94. The van der Waals surface area contributed by atoms with Crippen LogP contribution in [0.1, 0.15) is 50.3 Å². The number of amides is 1. The highest BCUT2D eigenvalue weighted by Crippen LogP contribution is 2.44. The minimum atomic E-state index is -0.626. The molecule has 4 aromatic carbocycles. The van der Waals surface area contributed by atoms with Crippen molar-refractivity contribution in [1.29, 1.82) is 0 Å². The van der Waals surface area contributed by atoms with Gasteiger partial charge in [0.2, 0.25) is 0 Å². The molecule has 0 spiro atoms. The first kappa shape index (κ1) is 28.8. The van der Waals surface area contributed by atoms with Gasteiger partial charge in [-0.3, -0.25) is 0 Å². The van der Waals surface area contributed by atoms with E-state index in [1.165, 1.54) is 22.3 Å². The monoisotopic (exact) mass is 573 g/mol. The van der Waals surface area contributed by atoms with Crippen molar-refractivity contribution in [3.8, 4) is 22.6 Å². The number of nitrogens with one attached hydrogen (secondary N) is 1.